The van der Waals surface area contributed by atoms with Crippen molar-refractivity contribution in [2.24, 2.45) is 0 Å². The van der Waals surface area contributed by atoms with Crippen molar-refractivity contribution in [2.75, 3.05) is 31.1 Å². The lowest BCUT2D eigenvalue weighted by Gasteiger charge is -2.35. The van der Waals surface area contributed by atoms with Crippen LogP contribution in [-0.2, 0) is 0 Å². The van der Waals surface area contributed by atoms with E-state index in [0.29, 0.717) is 32.0 Å². The summed E-state index contributed by atoms with van der Waals surface area (Å²) in [5, 5.41) is 0. The van der Waals surface area contributed by atoms with Crippen LogP contribution in [0.5, 0.6) is 5.75 Å². The second-order valence-corrected chi connectivity index (χ2v) is 7.37. The molecule has 0 aliphatic carbocycles. The molecule has 1 fully saturated rings. The van der Waals surface area contributed by atoms with Gasteiger partial charge < -0.3 is 14.5 Å². The molecular weight excluding hydrogens is 425 g/mol. The van der Waals surface area contributed by atoms with Crippen LogP contribution >= 0.6 is 0 Å². The maximum atomic E-state index is 12.8. The van der Waals surface area contributed by atoms with Crippen LogP contribution in [-0.4, -0.2) is 62.9 Å². The predicted octanol–water partition coefficient (Wildman–Crippen LogP) is 3.14. The Balaban J connectivity index is 1.43. The SMILES string of the molecule is Cc1ncn(-c2cc(N3CCN(C(=O)c4cccc(OC(F)(F)F)c4)CC3)ncn2)c1C. The van der Waals surface area contributed by atoms with Gasteiger partial charge in [-0.05, 0) is 32.0 Å². The average Bonchev–Trinajstić information content (AvgIpc) is 3.11. The number of aromatic nitrogens is 4. The molecule has 3 aromatic rings. The van der Waals surface area contributed by atoms with Crippen molar-refractivity contribution in [1.29, 1.82) is 0 Å². The van der Waals surface area contributed by atoms with Crippen molar-refractivity contribution in [3.8, 4) is 11.6 Å². The molecule has 1 saturated heterocycles. The Hall–Kier alpha value is -3.63. The fourth-order valence-corrected chi connectivity index (χ4v) is 3.52. The number of piperazine rings is 1. The van der Waals surface area contributed by atoms with E-state index in [1.54, 1.807) is 11.2 Å². The Morgan fingerprint density at radius 1 is 1.00 bits per heavy atom. The number of hydrogen-bond acceptors (Lipinski definition) is 6. The highest BCUT2D eigenvalue weighted by atomic mass is 19.4. The van der Waals surface area contributed by atoms with Gasteiger partial charge >= 0.3 is 6.36 Å². The van der Waals surface area contributed by atoms with Gasteiger partial charge in [-0.3, -0.25) is 9.36 Å². The van der Waals surface area contributed by atoms with Crippen LogP contribution in [0, 0.1) is 13.8 Å². The molecule has 0 bridgehead atoms. The van der Waals surface area contributed by atoms with Crippen molar-refractivity contribution in [1.82, 2.24) is 24.4 Å². The third-order valence-corrected chi connectivity index (χ3v) is 5.34. The highest BCUT2D eigenvalue weighted by Gasteiger charge is 2.31. The molecule has 168 valence electrons. The zero-order chi connectivity index (χ0) is 22.9. The molecule has 3 heterocycles. The quantitative estimate of drug-likeness (QED) is 0.613. The van der Waals surface area contributed by atoms with Gasteiger partial charge in [-0.15, -0.1) is 13.2 Å². The fraction of sp³-hybridized carbons (Fsp3) is 0.333. The van der Waals surface area contributed by atoms with Crippen molar-refractivity contribution < 1.29 is 22.7 Å². The molecule has 1 amide bonds. The number of amides is 1. The minimum Gasteiger partial charge on any atom is -0.406 e. The second-order valence-electron chi connectivity index (χ2n) is 7.37. The van der Waals surface area contributed by atoms with Crippen LogP contribution < -0.4 is 9.64 Å². The van der Waals surface area contributed by atoms with Crippen LogP contribution in [0.4, 0.5) is 19.0 Å². The zero-order valence-electron chi connectivity index (χ0n) is 17.5. The molecule has 32 heavy (non-hydrogen) atoms. The Morgan fingerprint density at radius 3 is 2.38 bits per heavy atom. The van der Waals surface area contributed by atoms with Crippen LogP contribution in [0.15, 0.2) is 43.0 Å². The lowest BCUT2D eigenvalue weighted by atomic mass is 10.1. The normalized spacial score (nSPS) is 14.5. The summed E-state index contributed by atoms with van der Waals surface area (Å²) in [7, 11) is 0. The summed E-state index contributed by atoms with van der Waals surface area (Å²) in [6, 6.07) is 6.98. The number of aryl methyl sites for hydroxylation is 1. The third-order valence-electron chi connectivity index (χ3n) is 5.34. The minimum absolute atomic E-state index is 0.149. The first-order chi connectivity index (χ1) is 15.2. The van der Waals surface area contributed by atoms with E-state index in [-0.39, 0.29) is 11.5 Å². The van der Waals surface area contributed by atoms with Crippen molar-refractivity contribution in [3.05, 3.63) is 59.9 Å². The molecule has 0 saturated carbocycles. The topological polar surface area (TPSA) is 76.4 Å². The summed E-state index contributed by atoms with van der Waals surface area (Å²) < 4.78 is 43.2. The van der Waals surface area contributed by atoms with Crippen LogP contribution in [0.2, 0.25) is 0 Å². The molecule has 0 spiro atoms. The molecule has 0 atom stereocenters. The number of halogens is 3. The number of benzene rings is 1. The number of imidazole rings is 1. The number of anilines is 1. The average molecular weight is 446 g/mol. The van der Waals surface area contributed by atoms with E-state index in [1.807, 2.05) is 29.4 Å². The smallest absolute Gasteiger partial charge is 0.406 e. The maximum absolute atomic E-state index is 12.8. The molecule has 11 heteroatoms. The standard InChI is InChI=1S/C21H21F3N6O2/c1-14-15(2)30(13-27-14)19-11-18(25-12-26-19)28-6-8-29(9-7-28)20(31)16-4-3-5-17(10-16)32-21(22,23)24/h3-5,10-13H,6-9H2,1-2H3. The van der Waals surface area contributed by atoms with E-state index in [2.05, 4.69) is 19.7 Å². The van der Waals surface area contributed by atoms with Gasteiger partial charge in [-0.25, -0.2) is 15.0 Å². The molecule has 1 aromatic carbocycles. The summed E-state index contributed by atoms with van der Waals surface area (Å²) in [6.07, 6.45) is -1.61. The Bertz CT molecular complexity index is 1120. The van der Waals surface area contributed by atoms with Gasteiger partial charge in [0, 0.05) is 43.5 Å². The Morgan fingerprint density at radius 2 is 1.72 bits per heavy atom. The maximum Gasteiger partial charge on any atom is 0.573 e. The molecule has 0 N–H and O–H groups in total. The van der Waals surface area contributed by atoms with Crippen molar-refractivity contribution in [2.45, 2.75) is 20.2 Å². The molecular formula is C21H21F3N6O2. The van der Waals surface area contributed by atoms with E-state index in [4.69, 9.17) is 0 Å². The number of nitrogens with zero attached hydrogens (tertiary/aromatic N) is 6. The zero-order valence-corrected chi connectivity index (χ0v) is 17.5. The first kappa shape index (κ1) is 21.6. The van der Waals surface area contributed by atoms with Gasteiger partial charge in [0.05, 0.1) is 5.69 Å². The summed E-state index contributed by atoms with van der Waals surface area (Å²) >= 11 is 0. The molecule has 1 aliphatic heterocycles. The molecule has 1 aliphatic rings. The minimum atomic E-state index is -4.81. The van der Waals surface area contributed by atoms with E-state index >= 15 is 0 Å². The van der Waals surface area contributed by atoms with Crippen molar-refractivity contribution >= 4 is 11.7 Å². The molecule has 0 radical (unpaired) electrons. The lowest BCUT2D eigenvalue weighted by Crippen LogP contribution is -2.49. The van der Waals surface area contributed by atoms with Gasteiger partial charge in [-0.2, -0.15) is 0 Å². The molecule has 8 nitrogen and oxygen atoms in total. The number of hydrogen-bond donors (Lipinski definition) is 0. The summed E-state index contributed by atoms with van der Waals surface area (Å²) in [6.45, 7) is 5.77. The van der Waals surface area contributed by atoms with E-state index in [1.165, 1.54) is 24.5 Å². The molecule has 2 aromatic heterocycles. The summed E-state index contributed by atoms with van der Waals surface area (Å²) in [5.41, 5.74) is 2.05. The van der Waals surface area contributed by atoms with E-state index < -0.39 is 12.1 Å². The first-order valence-corrected chi connectivity index (χ1v) is 9.94. The number of rotatable bonds is 4. The molecule has 0 unspecified atom stereocenters. The largest absolute Gasteiger partial charge is 0.573 e. The number of ether oxygens (including phenoxy) is 1. The van der Waals surface area contributed by atoms with E-state index in [0.717, 1.165) is 23.3 Å². The number of carbonyl (C=O) groups excluding carboxylic acids is 1. The Kier molecular flexibility index (Phi) is 5.72. The fourth-order valence-electron chi connectivity index (χ4n) is 3.52. The highest BCUT2D eigenvalue weighted by molar-refractivity contribution is 5.94. The molecule has 4 rings (SSSR count). The van der Waals surface area contributed by atoms with Gasteiger partial charge in [0.1, 0.15) is 30.0 Å². The van der Waals surface area contributed by atoms with Gasteiger partial charge in [0.2, 0.25) is 0 Å². The van der Waals surface area contributed by atoms with Gasteiger partial charge in [-0.1, -0.05) is 6.07 Å². The second kappa shape index (κ2) is 8.48. The first-order valence-electron chi connectivity index (χ1n) is 9.94. The predicted molar refractivity (Wildman–Crippen MR) is 110 cm³/mol. The van der Waals surface area contributed by atoms with Gasteiger partial charge in [0.15, 0.2) is 0 Å². The number of alkyl halides is 3. The van der Waals surface area contributed by atoms with Crippen LogP contribution in [0.1, 0.15) is 21.7 Å². The van der Waals surface area contributed by atoms with E-state index in [9.17, 15) is 18.0 Å². The Labute approximate surface area is 182 Å². The van der Waals surface area contributed by atoms with Crippen LogP contribution in [0.25, 0.3) is 5.82 Å². The monoisotopic (exact) mass is 446 g/mol. The summed E-state index contributed by atoms with van der Waals surface area (Å²) in [4.78, 5) is 29.4. The van der Waals surface area contributed by atoms with Crippen LogP contribution in [0.3, 0.4) is 0 Å². The number of carbonyl (C=O) groups is 1. The highest BCUT2D eigenvalue weighted by Crippen LogP contribution is 2.24. The third kappa shape index (κ3) is 4.66. The van der Waals surface area contributed by atoms with Crippen molar-refractivity contribution in [3.63, 3.8) is 0 Å². The van der Waals surface area contributed by atoms with Gasteiger partial charge in [0.25, 0.3) is 5.91 Å². The summed E-state index contributed by atoms with van der Waals surface area (Å²) in [5.74, 6) is 0.673. The lowest BCUT2D eigenvalue weighted by molar-refractivity contribution is -0.274.